The number of nitrogens with one attached hydrogen (secondary N) is 2. The van der Waals surface area contributed by atoms with Crippen molar-refractivity contribution in [3.8, 4) is 5.75 Å². The number of hydrogen-bond donors (Lipinski definition) is 2. The van der Waals surface area contributed by atoms with Crippen molar-refractivity contribution >= 4 is 29.1 Å². The van der Waals surface area contributed by atoms with E-state index >= 15 is 0 Å². The minimum absolute atomic E-state index is 0.218. The van der Waals surface area contributed by atoms with Gasteiger partial charge in [0.2, 0.25) is 5.95 Å². The van der Waals surface area contributed by atoms with Crippen LogP contribution in [0.5, 0.6) is 5.75 Å². The second kappa shape index (κ2) is 7.97. The summed E-state index contributed by atoms with van der Waals surface area (Å²) in [6, 6.07) is 6.91. The van der Waals surface area contributed by atoms with Gasteiger partial charge in [0.1, 0.15) is 11.4 Å². The van der Waals surface area contributed by atoms with Gasteiger partial charge < -0.3 is 15.4 Å². The number of amides is 1. The lowest BCUT2D eigenvalue weighted by molar-refractivity contribution is 0.0944. The van der Waals surface area contributed by atoms with E-state index in [0.29, 0.717) is 46.3 Å². The predicted molar refractivity (Wildman–Crippen MR) is 95.2 cm³/mol. The molecule has 0 radical (unpaired) electrons. The number of aryl methyl sites for hydroxylation is 1. The maximum Gasteiger partial charge on any atom is 0.270 e. The van der Waals surface area contributed by atoms with Crippen LogP contribution in [-0.2, 0) is 0 Å². The van der Waals surface area contributed by atoms with Crippen LogP contribution in [0.2, 0.25) is 5.02 Å². The number of carbonyl (C=O) groups excluding carboxylic acids is 1. The highest BCUT2D eigenvalue weighted by Crippen LogP contribution is 2.28. The Morgan fingerprint density at radius 1 is 1.29 bits per heavy atom. The standard InChI is InChI=1S/C17H21ClN4O2/c1-10(2)9-19-16(23)14-7-11(3)20-17(22-14)21-12-5-6-15(24-4)13(18)8-12/h5-8,10H,9H2,1-4H3,(H,19,23)(H,20,21,22). The highest BCUT2D eigenvalue weighted by Gasteiger charge is 2.11. The summed E-state index contributed by atoms with van der Waals surface area (Å²) in [5.74, 6) is 1.08. The summed E-state index contributed by atoms with van der Waals surface area (Å²) in [7, 11) is 1.56. The summed E-state index contributed by atoms with van der Waals surface area (Å²) in [5.41, 5.74) is 1.73. The summed E-state index contributed by atoms with van der Waals surface area (Å²) in [5, 5.41) is 6.38. The number of hydrogen-bond acceptors (Lipinski definition) is 5. The van der Waals surface area contributed by atoms with E-state index in [9.17, 15) is 4.79 Å². The second-order valence-electron chi connectivity index (χ2n) is 5.80. The molecule has 0 saturated carbocycles. The largest absolute Gasteiger partial charge is 0.495 e. The average molecular weight is 349 g/mol. The SMILES string of the molecule is COc1ccc(Nc2nc(C)cc(C(=O)NCC(C)C)n2)cc1Cl. The molecule has 0 saturated heterocycles. The van der Waals surface area contributed by atoms with Gasteiger partial charge in [0, 0.05) is 17.9 Å². The molecule has 0 atom stereocenters. The van der Waals surface area contributed by atoms with Crippen molar-refractivity contribution in [3.63, 3.8) is 0 Å². The number of carbonyl (C=O) groups is 1. The monoisotopic (exact) mass is 348 g/mol. The van der Waals surface area contributed by atoms with Gasteiger partial charge in [-0.15, -0.1) is 0 Å². The number of nitrogens with zero attached hydrogens (tertiary/aromatic N) is 2. The van der Waals surface area contributed by atoms with E-state index in [2.05, 4.69) is 20.6 Å². The molecule has 0 aliphatic carbocycles. The average Bonchev–Trinajstić information content (AvgIpc) is 2.52. The summed E-state index contributed by atoms with van der Waals surface area (Å²) in [4.78, 5) is 20.7. The van der Waals surface area contributed by atoms with Crippen LogP contribution in [0.4, 0.5) is 11.6 Å². The molecule has 0 unspecified atom stereocenters. The third-order valence-corrected chi connectivity index (χ3v) is 3.46. The fraction of sp³-hybridized carbons (Fsp3) is 0.353. The molecule has 2 N–H and O–H groups in total. The number of methoxy groups -OCH3 is 1. The molecule has 1 heterocycles. The van der Waals surface area contributed by atoms with E-state index < -0.39 is 0 Å². The van der Waals surface area contributed by atoms with Crippen molar-refractivity contribution < 1.29 is 9.53 Å². The van der Waals surface area contributed by atoms with Crippen molar-refractivity contribution in [1.82, 2.24) is 15.3 Å². The van der Waals surface area contributed by atoms with Gasteiger partial charge in [-0.25, -0.2) is 9.97 Å². The Bertz CT molecular complexity index is 735. The Labute approximate surface area is 146 Å². The Hall–Kier alpha value is -2.34. The normalized spacial score (nSPS) is 10.6. The molecule has 0 bridgehead atoms. The number of ether oxygens (including phenoxy) is 1. The lowest BCUT2D eigenvalue weighted by Gasteiger charge is -2.11. The summed E-state index contributed by atoms with van der Waals surface area (Å²) in [6.07, 6.45) is 0. The third-order valence-electron chi connectivity index (χ3n) is 3.17. The number of rotatable bonds is 6. The van der Waals surface area contributed by atoms with Crippen LogP contribution in [0, 0.1) is 12.8 Å². The number of halogens is 1. The molecule has 2 rings (SSSR count). The van der Waals surface area contributed by atoms with E-state index in [1.807, 2.05) is 20.8 Å². The first-order chi connectivity index (χ1) is 11.4. The first-order valence-electron chi connectivity index (χ1n) is 7.63. The molecular formula is C17H21ClN4O2. The number of benzene rings is 1. The molecule has 2 aromatic rings. The van der Waals surface area contributed by atoms with Crippen molar-refractivity contribution in [3.05, 3.63) is 40.7 Å². The molecule has 128 valence electrons. The lowest BCUT2D eigenvalue weighted by Crippen LogP contribution is -2.28. The van der Waals surface area contributed by atoms with Crippen LogP contribution in [0.15, 0.2) is 24.3 Å². The topological polar surface area (TPSA) is 76.1 Å². The van der Waals surface area contributed by atoms with Gasteiger partial charge in [-0.2, -0.15) is 0 Å². The molecule has 6 nitrogen and oxygen atoms in total. The quantitative estimate of drug-likeness (QED) is 0.834. The Morgan fingerprint density at radius 2 is 2.04 bits per heavy atom. The van der Waals surface area contributed by atoms with Crippen LogP contribution in [-0.4, -0.2) is 29.5 Å². The molecule has 0 aliphatic rings. The fourth-order valence-electron chi connectivity index (χ4n) is 2.00. The fourth-order valence-corrected chi connectivity index (χ4v) is 2.26. The van der Waals surface area contributed by atoms with Crippen LogP contribution >= 0.6 is 11.6 Å². The Kier molecular flexibility index (Phi) is 5.98. The van der Waals surface area contributed by atoms with Crippen LogP contribution in [0.1, 0.15) is 30.0 Å². The molecule has 0 aliphatic heterocycles. The van der Waals surface area contributed by atoms with E-state index in [-0.39, 0.29) is 5.91 Å². The van der Waals surface area contributed by atoms with Crippen LogP contribution in [0.3, 0.4) is 0 Å². The number of anilines is 2. The highest BCUT2D eigenvalue weighted by atomic mass is 35.5. The van der Waals surface area contributed by atoms with Crippen molar-refractivity contribution in [1.29, 1.82) is 0 Å². The van der Waals surface area contributed by atoms with E-state index in [0.717, 1.165) is 0 Å². The van der Waals surface area contributed by atoms with Gasteiger partial charge in [-0.3, -0.25) is 4.79 Å². The molecule has 1 aromatic heterocycles. The maximum atomic E-state index is 12.2. The lowest BCUT2D eigenvalue weighted by atomic mass is 10.2. The molecular weight excluding hydrogens is 328 g/mol. The zero-order valence-corrected chi connectivity index (χ0v) is 14.9. The first-order valence-corrected chi connectivity index (χ1v) is 8.01. The Balaban J connectivity index is 2.19. The molecule has 1 amide bonds. The minimum Gasteiger partial charge on any atom is -0.495 e. The van der Waals surface area contributed by atoms with E-state index in [1.165, 1.54) is 0 Å². The van der Waals surface area contributed by atoms with Crippen LogP contribution < -0.4 is 15.4 Å². The molecule has 24 heavy (non-hydrogen) atoms. The zero-order chi connectivity index (χ0) is 17.7. The Morgan fingerprint density at radius 3 is 2.67 bits per heavy atom. The summed E-state index contributed by atoms with van der Waals surface area (Å²) < 4.78 is 5.12. The van der Waals surface area contributed by atoms with Crippen molar-refractivity contribution in [2.24, 2.45) is 5.92 Å². The highest BCUT2D eigenvalue weighted by molar-refractivity contribution is 6.32. The van der Waals surface area contributed by atoms with Gasteiger partial charge >= 0.3 is 0 Å². The molecule has 7 heteroatoms. The molecule has 0 spiro atoms. The first kappa shape index (κ1) is 18.0. The van der Waals surface area contributed by atoms with Gasteiger partial charge in [-0.1, -0.05) is 25.4 Å². The van der Waals surface area contributed by atoms with Crippen LogP contribution in [0.25, 0.3) is 0 Å². The van der Waals surface area contributed by atoms with E-state index in [1.54, 1.807) is 31.4 Å². The predicted octanol–water partition coefficient (Wildman–Crippen LogP) is 3.58. The smallest absolute Gasteiger partial charge is 0.270 e. The van der Waals surface area contributed by atoms with E-state index in [4.69, 9.17) is 16.3 Å². The number of aromatic nitrogens is 2. The third kappa shape index (κ3) is 4.83. The summed E-state index contributed by atoms with van der Waals surface area (Å²) >= 11 is 6.11. The van der Waals surface area contributed by atoms with Crippen molar-refractivity contribution in [2.45, 2.75) is 20.8 Å². The maximum absolute atomic E-state index is 12.2. The molecule has 1 aromatic carbocycles. The minimum atomic E-state index is -0.218. The summed E-state index contributed by atoms with van der Waals surface area (Å²) in [6.45, 7) is 6.48. The molecule has 0 fully saturated rings. The van der Waals surface area contributed by atoms with Gasteiger partial charge in [0.15, 0.2) is 0 Å². The van der Waals surface area contributed by atoms with Gasteiger partial charge in [0.05, 0.1) is 12.1 Å². The van der Waals surface area contributed by atoms with Crippen molar-refractivity contribution in [2.75, 3.05) is 19.0 Å². The zero-order valence-electron chi connectivity index (χ0n) is 14.2. The van der Waals surface area contributed by atoms with Gasteiger partial charge in [-0.05, 0) is 37.1 Å². The van der Waals surface area contributed by atoms with Gasteiger partial charge in [0.25, 0.3) is 5.91 Å². The second-order valence-corrected chi connectivity index (χ2v) is 6.20.